The SMILES string of the molecule is CCc1ncc(CNc2ccc(C)c(C)c2)s1. The van der Waals surface area contributed by atoms with Crippen LogP contribution < -0.4 is 5.32 Å². The lowest BCUT2D eigenvalue weighted by atomic mass is 10.1. The Morgan fingerprint density at radius 3 is 2.71 bits per heavy atom. The molecule has 0 unspecified atom stereocenters. The van der Waals surface area contributed by atoms with Gasteiger partial charge in [0.1, 0.15) is 0 Å². The lowest BCUT2D eigenvalue weighted by molar-refractivity contribution is 1.09. The van der Waals surface area contributed by atoms with Gasteiger partial charge in [-0.05, 0) is 43.5 Å². The summed E-state index contributed by atoms with van der Waals surface area (Å²) in [6.07, 6.45) is 2.99. The molecular formula is C14H18N2S. The largest absolute Gasteiger partial charge is 0.380 e. The zero-order valence-electron chi connectivity index (χ0n) is 10.6. The Balaban J connectivity index is 1.99. The van der Waals surface area contributed by atoms with Crippen LogP contribution in [0.25, 0.3) is 0 Å². The van der Waals surface area contributed by atoms with E-state index in [9.17, 15) is 0 Å². The Kier molecular flexibility index (Phi) is 3.79. The number of aryl methyl sites for hydroxylation is 3. The van der Waals surface area contributed by atoms with Crippen LogP contribution in [0.2, 0.25) is 0 Å². The van der Waals surface area contributed by atoms with Crippen LogP contribution in [0.4, 0.5) is 5.69 Å². The summed E-state index contributed by atoms with van der Waals surface area (Å²) in [5.41, 5.74) is 3.84. The molecule has 3 heteroatoms. The van der Waals surface area contributed by atoms with Crippen molar-refractivity contribution in [3.63, 3.8) is 0 Å². The molecule has 0 bridgehead atoms. The van der Waals surface area contributed by atoms with E-state index in [1.54, 1.807) is 11.3 Å². The highest BCUT2D eigenvalue weighted by atomic mass is 32.1. The Hall–Kier alpha value is -1.35. The molecule has 0 radical (unpaired) electrons. The van der Waals surface area contributed by atoms with E-state index >= 15 is 0 Å². The maximum absolute atomic E-state index is 4.36. The smallest absolute Gasteiger partial charge is 0.0925 e. The molecule has 90 valence electrons. The second kappa shape index (κ2) is 5.32. The minimum Gasteiger partial charge on any atom is -0.380 e. The summed E-state index contributed by atoms with van der Waals surface area (Å²) in [4.78, 5) is 5.65. The van der Waals surface area contributed by atoms with E-state index in [1.165, 1.54) is 26.7 Å². The van der Waals surface area contributed by atoms with Gasteiger partial charge in [-0.3, -0.25) is 0 Å². The number of nitrogens with one attached hydrogen (secondary N) is 1. The van der Waals surface area contributed by atoms with E-state index in [-0.39, 0.29) is 0 Å². The maximum atomic E-state index is 4.36. The molecule has 0 spiro atoms. The van der Waals surface area contributed by atoms with E-state index in [0.29, 0.717) is 0 Å². The third-order valence-corrected chi connectivity index (χ3v) is 4.02. The van der Waals surface area contributed by atoms with Crippen molar-refractivity contribution in [3.05, 3.63) is 45.4 Å². The van der Waals surface area contributed by atoms with Gasteiger partial charge < -0.3 is 5.32 Å². The fourth-order valence-electron chi connectivity index (χ4n) is 1.63. The first-order chi connectivity index (χ1) is 8.19. The van der Waals surface area contributed by atoms with Crippen molar-refractivity contribution < 1.29 is 0 Å². The quantitative estimate of drug-likeness (QED) is 0.884. The third-order valence-electron chi connectivity index (χ3n) is 2.88. The van der Waals surface area contributed by atoms with Gasteiger partial charge in [-0.15, -0.1) is 11.3 Å². The monoisotopic (exact) mass is 246 g/mol. The van der Waals surface area contributed by atoms with Gasteiger partial charge in [0.15, 0.2) is 0 Å². The number of aromatic nitrogens is 1. The Bertz CT molecular complexity index is 503. The zero-order chi connectivity index (χ0) is 12.3. The summed E-state index contributed by atoms with van der Waals surface area (Å²) in [7, 11) is 0. The summed E-state index contributed by atoms with van der Waals surface area (Å²) in [6, 6.07) is 6.48. The molecule has 0 atom stereocenters. The summed E-state index contributed by atoms with van der Waals surface area (Å²) < 4.78 is 0. The highest BCUT2D eigenvalue weighted by molar-refractivity contribution is 7.11. The number of thiazole rings is 1. The molecule has 1 aromatic carbocycles. The second-order valence-electron chi connectivity index (χ2n) is 4.23. The summed E-state index contributed by atoms with van der Waals surface area (Å²) in [5, 5.41) is 4.65. The number of hydrogen-bond acceptors (Lipinski definition) is 3. The first-order valence-electron chi connectivity index (χ1n) is 5.93. The minimum absolute atomic E-state index is 0.861. The van der Waals surface area contributed by atoms with Gasteiger partial charge in [-0.25, -0.2) is 4.98 Å². The molecule has 0 amide bonds. The average molecular weight is 246 g/mol. The van der Waals surface area contributed by atoms with Crippen molar-refractivity contribution in [3.8, 4) is 0 Å². The third kappa shape index (κ3) is 3.07. The van der Waals surface area contributed by atoms with Crippen molar-refractivity contribution in [2.45, 2.75) is 33.7 Å². The normalized spacial score (nSPS) is 10.5. The topological polar surface area (TPSA) is 24.9 Å². The summed E-state index contributed by atoms with van der Waals surface area (Å²) >= 11 is 1.79. The first-order valence-corrected chi connectivity index (χ1v) is 6.75. The van der Waals surface area contributed by atoms with Gasteiger partial charge in [0.2, 0.25) is 0 Å². The zero-order valence-corrected chi connectivity index (χ0v) is 11.4. The van der Waals surface area contributed by atoms with Crippen LogP contribution in [0.5, 0.6) is 0 Å². The van der Waals surface area contributed by atoms with E-state index in [4.69, 9.17) is 0 Å². The van der Waals surface area contributed by atoms with Crippen LogP contribution in [-0.4, -0.2) is 4.98 Å². The number of rotatable bonds is 4. The molecule has 1 heterocycles. The lowest BCUT2D eigenvalue weighted by Crippen LogP contribution is -1.97. The maximum Gasteiger partial charge on any atom is 0.0925 e. The van der Waals surface area contributed by atoms with Crippen molar-refractivity contribution in [1.29, 1.82) is 0 Å². The van der Waals surface area contributed by atoms with Gasteiger partial charge >= 0.3 is 0 Å². The Morgan fingerprint density at radius 2 is 2.06 bits per heavy atom. The molecule has 0 fully saturated rings. The predicted octanol–water partition coefficient (Wildman–Crippen LogP) is 3.93. The molecule has 0 aliphatic rings. The predicted molar refractivity (Wildman–Crippen MR) is 74.7 cm³/mol. The van der Waals surface area contributed by atoms with Gasteiger partial charge in [-0.2, -0.15) is 0 Å². The standard InChI is InChI=1S/C14H18N2S/c1-4-14-16-9-13(17-14)8-15-12-6-5-10(2)11(3)7-12/h5-7,9,15H,4,8H2,1-3H3. The fourth-order valence-corrected chi connectivity index (χ4v) is 2.44. The lowest BCUT2D eigenvalue weighted by Gasteiger charge is -2.07. The molecule has 0 saturated heterocycles. The first kappa shape index (κ1) is 12.1. The van der Waals surface area contributed by atoms with Crippen LogP contribution in [-0.2, 0) is 13.0 Å². The van der Waals surface area contributed by atoms with Gasteiger partial charge in [0.25, 0.3) is 0 Å². The van der Waals surface area contributed by atoms with Crippen molar-refractivity contribution in [2.24, 2.45) is 0 Å². The second-order valence-corrected chi connectivity index (χ2v) is 5.43. The molecule has 0 aliphatic heterocycles. The molecule has 1 N–H and O–H groups in total. The van der Waals surface area contributed by atoms with Crippen molar-refractivity contribution in [1.82, 2.24) is 4.98 Å². The van der Waals surface area contributed by atoms with Gasteiger partial charge in [0.05, 0.1) is 11.6 Å². The minimum atomic E-state index is 0.861. The van der Waals surface area contributed by atoms with Crippen LogP contribution >= 0.6 is 11.3 Å². The highest BCUT2D eigenvalue weighted by Crippen LogP contribution is 2.18. The molecule has 0 aliphatic carbocycles. The molecule has 2 nitrogen and oxygen atoms in total. The number of nitrogens with zero attached hydrogens (tertiary/aromatic N) is 1. The van der Waals surface area contributed by atoms with Crippen molar-refractivity contribution >= 4 is 17.0 Å². The van der Waals surface area contributed by atoms with E-state index < -0.39 is 0 Å². The van der Waals surface area contributed by atoms with E-state index in [0.717, 1.165) is 13.0 Å². The van der Waals surface area contributed by atoms with Crippen LogP contribution in [0, 0.1) is 13.8 Å². The van der Waals surface area contributed by atoms with Gasteiger partial charge in [0, 0.05) is 16.8 Å². The molecule has 2 rings (SSSR count). The number of benzene rings is 1. The Morgan fingerprint density at radius 1 is 1.24 bits per heavy atom. The Labute approximate surface area is 107 Å². The summed E-state index contributed by atoms with van der Waals surface area (Å²) in [6.45, 7) is 7.28. The van der Waals surface area contributed by atoms with Crippen molar-refractivity contribution in [2.75, 3.05) is 5.32 Å². The summed E-state index contributed by atoms with van der Waals surface area (Å²) in [5.74, 6) is 0. The highest BCUT2D eigenvalue weighted by Gasteiger charge is 2.00. The molecule has 0 saturated carbocycles. The average Bonchev–Trinajstić information content (AvgIpc) is 2.79. The van der Waals surface area contributed by atoms with Gasteiger partial charge in [-0.1, -0.05) is 13.0 Å². The van der Waals surface area contributed by atoms with Crippen LogP contribution in [0.1, 0.15) is 27.9 Å². The molecule has 17 heavy (non-hydrogen) atoms. The molecule has 2 aromatic rings. The molecular weight excluding hydrogens is 228 g/mol. The number of hydrogen-bond donors (Lipinski definition) is 1. The van der Waals surface area contributed by atoms with E-state index in [1.807, 2.05) is 6.20 Å². The number of anilines is 1. The van der Waals surface area contributed by atoms with Crippen LogP contribution in [0.15, 0.2) is 24.4 Å². The molecule has 1 aromatic heterocycles. The van der Waals surface area contributed by atoms with Crippen LogP contribution in [0.3, 0.4) is 0 Å². The fraction of sp³-hybridized carbons (Fsp3) is 0.357. The van der Waals surface area contributed by atoms with E-state index in [2.05, 4.69) is 49.3 Å².